The summed E-state index contributed by atoms with van der Waals surface area (Å²) >= 11 is 0. The van der Waals surface area contributed by atoms with Crippen LogP contribution in [0.5, 0.6) is 0 Å². The summed E-state index contributed by atoms with van der Waals surface area (Å²) in [5, 5.41) is 6.87. The summed E-state index contributed by atoms with van der Waals surface area (Å²) < 4.78 is 0. The minimum Gasteiger partial charge on any atom is -0.370 e. The SMILES string of the molecule is Cc1cccnc1NCCC1CCCNC1. The predicted molar refractivity (Wildman–Crippen MR) is 67.7 cm³/mol. The zero-order valence-corrected chi connectivity index (χ0v) is 10.00. The van der Waals surface area contributed by atoms with Gasteiger partial charge in [0.2, 0.25) is 0 Å². The van der Waals surface area contributed by atoms with Gasteiger partial charge in [0.1, 0.15) is 5.82 Å². The highest BCUT2D eigenvalue weighted by Crippen LogP contribution is 2.15. The Labute approximate surface area is 97.7 Å². The van der Waals surface area contributed by atoms with Crippen LogP contribution in [0.4, 0.5) is 5.82 Å². The van der Waals surface area contributed by atoms with Gasteiger partial charge in [0.25, 0.3) is 0 Å². The zero-order valence-electron chi connectivity index (χ0n) is 10.00. The number of nitrogens with one attached hydrogen (secondary N) is 2. The lowest BCUT2D eigenvalue weighted by atomic mass is 9.96. The van der Waals surface area contributed by atoms with E-state index in [4.69, 9.17) is 0 Å². The Hall–Kier alpha value is -1.09. The molecule has 1 unspecified atom stereocenters. The number of nitrogens with zero attached hydrogens (tertiary/aromatic N) is 1. The average molecular weight is 219 g/mol. The molecule has 1 atom stereocenters. The topological polar surface area (TPSA) is 37.0 Å². The van der Waals surface area contributed by atoms with E-state index in [2.05, 4.69) is 28.6 Å². The number of hydrogen-bond acceptors (Lipinski definition) is 3. The highest BCUT2D eigenvalue weighted by molar-refractivity contribution is 5.42. The average Bonchev–Trinajstić information content (AvgIpc) is 2.33. The first-order chi connectivity index (χ1) is 7.86. The molecule has 1 aliphatic rings. The second kappa shape index (κ2) is 5.85. The maximum absolute atomic E-state index is 4.33. The van der Waals surface area contributed by atoms with Gasteiger partial charge in [0, 0.05) is 12.7 Å². The van der Waals surface area contributed by atoms with Crippen molar-refractivity contribution < 1.29 is 0 Å². The van der Waals surface area contributed by atoms with E-state index >= 15 is 0 Å². The van der Waals surface area contributed by atoms with Crippen molar-refractivity contribution in [3.05, 3.63) is 23.9 Å². The van der Waals surface area contributed by atoms with Gasteiger partial charge in [-0.1, -0.05) is 6.07 Å². The maximum Gasteiger partial charge on any atom is 0.128 e. The van der Waals surface area contributed by atoms with Gasteiger partial charge in [-0.2, -0.15) is 0 Å². The van der Waals surface area contributed by atoms with Crippen LogP contribution in [0.25, 0.3) is 0 Å². The van der Waals surface area contributed by atoms with E-state index in [0.29, 0.717) is 0 Å². The quantitative estimate of drug-likeness (QED) is 0.815. The molecule has 1 aromatic rings. The molecule has 3 heteroatoms. The van der Waals surface area contributed by atoms with Crippen LogP contribution in [-0.2, 0) is 0 Å². The molecule has 2 heterocycles. The third-order valence-corrected chi connectivity index (χ3v) is 3.25. The summed E-state index contributed by atoms with van der Waals surface area (Å²) in [7, 11) is 0. The van der Waals surface area contributed by atoms with Gasteiger partial charge >= 0.3 is 0 Å². The molecule has 1 aliphatic heterocycles. The lowest BCUT2D eigenvalue weighted by Gasteiger charge is -2.22. The van der Waals surface area contributed by atoms with Gasteiger partial charge in [-0.3, -0.25) is 0 Å². The third-order valence-electron chi connectivity index (χ3n) is 3.25. The minimum absolute atomic E-state index is 0.838. The molecule has 0 bridgehead atoms. The van der Waals surface area contributed by atoms with E-state index in [0.717, 1.165) is 18.3 Å². The molecule has 0 amide bonds. The first kappa shape index (κ1) is 11.4. The second-order valence-electron chi connectivity index (χ2n) is 4.60. The van der Waals surface area contributed by atoms with Crippen LogP contribution in [0.15, 0.2) is 18.3 Å². The molecule has 1 aromatic heterocycles. The van der Waals surface area contributed by atoms with Crippen molar-refractivity contribution in [2.45, 2.75) is 26.2 Å². The molecule has 1 fully saturated rings. The molecule has 0 radical (unpaired) electrons. The van der Waals surface area contributed by atoms with E-state index in [9.17, 15) is 0 Å². The molecule has 3 nitrogen and oxygen atoms in total. The summed E-state index contributed by atoms with van der Waals surface area (Å²) in [5.41, 5.74) is 1.23. The number of hydrogen-bond donors (Lipinski definition) is 2. The van der Waals surface area contributed by atoms with Crippen molar-refractivity contribution in [1.29, 1.82) is 0 Å². The van der Waals surface area contributed by atoms with Gasteiger partial charge in [-0.05, 0) is 56.8 Å². The van der Waals surface area contributed by atoms with Crippen molar-refractivity contribution in [3.63, 3.8) is 0 Å². The van der Waals surface area contributed by atoms with E-state index in [1.807, 2.05) is 12.3 Å². The molecule has 1 saturated heterocycles. The van der Waals surface area contributed by atoms with E-state index in [1.165, 1.54) is 37.9 Å². The zero-order chi connectivity index (χ0) is 11.2. The fourth-order valence-electron chi connectivity index (χ4n) is 2.24. The van der Waals surface area contributed by atoms with Gasteiger partial charge in [-0.15, -0.1) is 0 Å². The van der Waals surface area contributed by atoms with Crippen LogP contribution in [0.1, 0.15) is 24.8 Å². The number of aryl methyl sites for hydroxylation is 1. The molecule has 0 saturated carbocycles. The normalized spacial score (nSPS) is 20.7. The monoisotopic (exact) mass is 219 g/mol. The van der Waals surface area contributed by atoms with Crippen LogP contribution >= 0.6 is 0 Å². The Morgan fingerprint density at radius 3 is 3.25 bits per heavy atom. The standard InChI is InChI=1S/C13H21N3/c1-11-4-2-8-15-13(11)16-9-6-12-5-3-7-14-10-12/h2,4,8,12,14H,3,5-7,9-10H2,1H3,(H,15,16). The van der Waals surface area contributed by atoms with E-state index in [-0.39, 0.29) is 0 Å². The summed E-state index contributed by atoms with van der Waals surface area (Å²) in [5.74, 6) is 1.87. The fourth-order valence-corrected chi connectivity index (χ4v) is 2.24. The van der Waals surface area contributed by atoms with Crippen LogP contribution < -0.4 is 10.6 Å². The van der Waals surface area contributed by atoms with Crippen LogP contribution in [-0.4, -0.2) is 24.6 Å². The summed E-state index contributed by atoms with van der Waals surface area (Å²) in [6.45, 7) is 5.51. The fraction of sp³-hybridized carbons (Fsp3) is 0.615. The summed E-state index contributed by atoms with van der Waals surface area (Å²) in [6.07, 6.45) is 5.78. The number of rotatable bonds is 4. The molecular formula is C13H21N3. The highest BCUT2D eigenvalue weighted by atomic mass is 15.0. The molecule has 2 rings (SSSR count). The van der Waals surface area contributed by atoms with E-state index in [1.54, 1.807) is 0 Å². The van der Waals surface area contributed by atoms with Crippen molar-refractivity contribution >= 4 is 5.82 Å². The highest BCUT2D eigenvalue weighted by Gasteiger charge is 2.12. The molecule has 2 N–H and O–H groups in total. The second-order valence-corrected chi connectivity index (χ2v) is 4.60. The largest absolute Gasteiger partial charge is 0.370 e. The molecule has 0 aromatic carbocycles. The molecule has 88 valence electrons. The maximum atomic E-state index is 4.33. The van der Waals surface area contributed by atoms with Crippen molar-refractivity contribution in [1.82, 2.24) is 10.3 Å². The Kier molecular flexibility index (Phi) is 4.17. The van der Waals surface area contributed by atoms with Crippen molar-refractivity contribution in [2.24, 2.45) is 5.92 Å². The Balaban J connectivity index is 1.73. The van der Waals surface area contributed by atoms with Gasteiger partial charge < -0.3 is 10.6 Å². The first-order valence-electron chi connectivity index (χ1n) is 6.22. The van der Waals surface area contributed by atoms with E-state index < -0.39 is 0 Å². The minimum atomic E-state index is 0.838. The summed E-state index contributed by atoms with van der Waals surface area (Å²) in [4.78, 5) is 4.33. The Bertz CT molecular complexity index is 319. The lowest BCUT2D eigenvalue weighted by molar-refractivity contribution is 0.364. The van der Waals surface area contributed by atoms with Crippen LogP contribution in [0, 0.1) is 12.8 Å². The number of piperidine rings is 1. The molecule has 16 heavy (non-hydrogen) atoms. The van der Waals surface area contributed by atoms with Crippen molar-refractivity contribution in [3.8, 4) is 0 Å². The Morgan fingerprint density at radius 2 is 2.50 bits per heavy atom. The van der Waals surface area contributed by atoms with Gasteiger partial charge in [0.15, 0.2) is 0 Å². The van der Waals surface area contributed by atoms with Gasteiger partial charge in [-0.25, -0.2) is 4.98 Å². The Morgan fingerprint density at radius 1 is 1.56 bits per heavy atom. The van der Waals surface area contributed by atoms with Crippen LogP contribution in [0.2, 0.25) is 0 Å². The van der Waals surface area contributed by atoms with Crippen molar-refractivity contribution in [2.75, 3.05) is 25.0 Å². The smallest absolute Gasteiger partial charge is 0.128 e. The molecule has 0 aliphatic carbocycles. The lowest BCUT2D eigenvalue weighted by Crippen LogP contribution is -2.30. The first-order valence-corrected chi connectivity index (χ1v) is 6.22. The number of aromatic nitrogens is 1. The third kappa shape index (κ3) is 3.20. The van der Waals surface area contributed by atoms with Gasteiger partial charge in [0.05, 0.1) is 0 Å². The number of anilines is 1. The molecule has 0 spiro atoms. The van der Waals surface area contributed by atoms with Crippen LogP contribution in [0.3, 0.4) is 0 Å². The summed E-state index contributed by atoms with van der Waals surface area (Å²) in [6, 6.07) is 4.07. The number of pyridine rings is 1. The molecular weight excluding hydrogens is 198 g/mol. The predicted octanol–water partition coefficient (Wildman–Crippen LogP) is 2.19.